The maximum absolute atomic E-state index is 13.3. The van der Waals surface area contributed by atoms with Gasteiger partial charge in [0.05, 0.1) is 4.90 Å². The molecule has 0 aromatic heterocycles. The number of hydrogen-bond acceptors (Lipinski definition) is 3. The summed E-state index contributed by atoms with van der Waals surface area (Å²) in [7, 11) is -3.59. The Morgan fingerprint density at radius 2 is 1.81 bits per heavy atom. The topological polar surface area (TPSA) is 49.4 Å². The average Bonchev–Trinajstić information content (AvgIpc) is 3.09. The molecule has 2 fully saturated rings. The van der Waals surface area contributed by atoms with Crippen LogP contribution in [-0.2, 0) is 10.0 Å². The standard InChI is InChI=1S/C15H21FN2O2S/c1-10-7-12(16)8-11(2)15(10)21(19,20)17-13-5-6-18(9-13)14-3-4-14/h7-8,13-14,17H,3-6,9H2,1-2H3. The predicted octanol–water partition coefficient (Wildman–Crippen LogP) is 1.96. The highest BCUT2D eigenvalue weighted by atomic mass is 32.2. The van der Waals surface area contributed by atoms with Crippen LogP contribution in [0.4, 0.5) is 4.39 Å². The van der Waals surface area contributed by atoms with E-state index in [1.54, 1.807) is 13.8 Å². The quantitative estimate of drug-likeness (QED) is 0.924. The summed E-state index contributed by atoms with van der Waals surface area (Å²) in [5.41, 5.74) is 0.911. The average molecular weight is 312 g/mol. The monoisotopic (exact) mass is 312 g/mol. The third kappa shape index (κ3) is 3.12. The van der Waals surface area contributed by atoms with Gasteiger partial charge in [-0.2, -0.15) is 0 Å². The highest BCUT2D eigenvalue weighted by molar-refractivity contribution is 7.89. The van der Waals surface area contributed by atoms with E-state index in [1.807, 2.05) is 0 Å². The molecule has 0 amide bonds. The molecule has 4 nitrogen and oxygen atoms in total. The minimum atomic E-state index is -3.59. The van der Waals surface area contributed by atoms with Crippen molar-refractivity contribution in [1.29, 1.82) is 0 Å². The minimum absolute atomic E-state index is 0.0422. The predicted molar refractivity (Wildman–Crippen MR) is 79.2 cm³/mol. The molecule has 0 bridgehead atoms. The summed E-state index contributed by atoms with van der Waals surface area (Å²) in [5.74, 6) is -0.398. The fourth-order valence-corrected chi connectivity index (χ4v) is 4.97. The Bertz CT molecular complexity index is 633. The van der Waals surface area contributed by atoms with Gasteiger partial charge < -0.3 is 0 Å². The number of aryl methyl sites for hydroxylation is 2. The molecule has 0 radical (unpaired) electrons. The van der Waals surface area contributed by atoms with Crippen molar-refractivity contribution in [2.24, 2.45) is 0 Å². The van der Waals surface area contributed by atoms with Crippen LogP contribution in [0.15, 0.2) is 17.0 Å². The molecule has 1 saturated carbocycles. The van der Waals surface area contributed by atoms with Crippen molar-refractivity contribution in [2.45, 2.75) is 50.1 Å². The fourth-order valence-electron chi connectivity index (χ4n) is 3.25. The lowest BCUT2D eigenvalue weighted by Gasteiger charge is -2.17. The molecule has 1 saturated heterocycles. The highest BCUT2D eigenvalue weighted by Crippen LogP contribution is 2.30. The smallest absolute Gasteiger partial charge is 0.241 e. The fraction of sp³-hybridized carbons (Fsp3) is 0.600. The number of likely N-dealkylation sites (tertiary alicyclic amines) is 1. The van der Waals surface area contributed by atoms with E-state index >= 15 is 0 Å². The van der Waals surface area contributed by atoms with Gasteiger partial charge in [-0.3, -0.25) is 4.90 Å². The highest BCUT2D eigenvalue weighted by Gasteiger charge is 2.36. The molecule has 0 spiro atoms. The summed E-state index contributed by atoms with van der Waals surface area (Å²) in [6.07, 6.45) is 3.31. The first kappa shape index (κ1) is 14.9. The summed E-state index contributed by atoms with van der Waals surface area (Å²) in [6, 6.07) is 3.16. The Morgan fingerprint density at radius 3 is 2.38 bits per heavy atom. The van der Waals surface area contributed by atoms with E-state index in [0.29, 0.717) is 17.2 Å². The van der Waals surface area contributed by atoms with Crippen molar-refractivity contribution in [3.8, 4) is 0 Å². The van der Waals surface area contributed by atoms with Crippen LogP contribution in [0.25, 0.3) is 0 Å². The molecular formula is C15H21FN2O2S. The van der Waals surface area contributed by atoms with Gasteiger partial charge >= 0.3 is 0 Å². The summed E-state index contributed by atoms with van der Waals surface area (Å²) in [4.78, 5) is 2.58. The van der Waals surface area contributed by atoms with Crippen molar-refractivity contribution in [1.82, 2.24) is 9.62 Å². The number of hydrogen-bond donors (Lipinski definition) is 1. The molecule has 2 aliphatic rings. The molecular weight excluding hydrogens is 291 g/mol. The van der Waals surface area contributed by atoms with E-state index in [0.717, 1.165) is 19.5 Å². The Kier molecular flexibility index (Phi) is 3.80. The summed E-state index contributed by atoms with van der Waals surface area (Å²) >= 11 is 0. The first-order valence-corrected chi connectivity index (χ1v) is 8.88. The van der Waals surface area contributed by atoms with Crippen molar-refractivity contribution in [3.63, 3.8) is 0 Å². The molecule has 1 heterocycles. The molecule has 1 aliphatic heterocycles. The van der Waals surface area contributed by atoms with Crippen molar-refractivity contribution in [2.75, 3.05) is 13.1 Å². The van der Waals surface area contributed by atoms with Gasteiger partial charge in [0, 0.05) is 25.2 Å². The van der Waals surface area contributed by atoms with Crippen LogP contribution in [0.1, 0.15) is 30.4 Å². The first-order chi connectivity index (χ1) is 9.87. The number of rotatable bonds is 4. The lowest BCUT2D eigenvalue weighted by Crippen LogP contribution is -2.38. The zero-order chi connectivity index (χ0) is 15.2. The van der Waals surface area contributed by atoms with Crippen LogP contribution in [-0.4, -0.2) is 38.5 Å². The largest absolute Gasteiger partial charge is 0.299 e. The second kappa shape index (κ2) is 5.34. The van der Waals surface area contributed by atoms with Gasteiger partial charge in [-0.25, -0.2) is 17.5 Å². The van der Waals surface area contributed by atoms with Gasteiger partial charge in [0.25, 0.3) is 0 Å². The summed E-state index contributed by atoms with van der Waals surface area (Å²) in [5, 5.41) is 0. The summed E-state index contributed by atoms with van der Waals surface area (Å²) in [6.45, 7) is 5.01. The maximum atomic E-state index is 13.3. The van der Waals surface area contributed by atoms with Crippen LogP contribution in [0.3, 0.4) is 0 Å². The second-order valence-electron chi connectivity index (χ2n) is 6.20. The number of sulfonamides is 1. The van der Waals surface area contributed by atoms with Crippen LogP contribution in [0, 0.1) is 19.7 Å². The van der Waals surface area contributed by atoms with Crippen LogP contribution >= 0.6 is 0 Å². The van der Waals surface area contributed by atoms with Gasteiger partial charge in [-0.05, 0) is 56.4 Å². The lowest BCUT2D eigenvalue weighted by atomic mass is 10.1. The third-order valence-electron chi connectivity index (χ3n) is 4.30. The molecule has 3 rings (SSSR count). The maximum Gasteiger partial charge on any atom is 0.241 e. The Balaban J connectivity index is 1.78. The molecule has 1 atom stereocenters. The van der Waals surface area contributed by atoms with Crippen LogP contribution in [0.2, 0.25) is 0 Å². The Hall–Kier alpha value is -0.980. The van der Waals surface area contributed by atoms with E-state index in [4.69, 9.17) is 0 Å². The van der Waals surface area contributed by atoms with Crippen LogP contribution in [0.5, 0.6) is 0 Å². The third-order valence-corrected chi connectivity index (χ3v) is 6.12. The molecule has 116 valence electrons. The van der Waals surface area contributed by atoms with E-state index in [1.165, 1.54) is 25.0 Å². The lowest BCUT2D eigenvalue weighted by molar-refractivity contribution is 0.322. The van der Waals surface area contributed by atoms with Gasteiger partial charge in [0.2, 0.25) is 10.0 Å². The van der Waals surface area contributed by atoms with Crippen molar-refractivity contribution in [3.05, 3.63) is 29.1 Å². The number of nitrogens with zero attached hydrogens (tertiary/aromatic N) is 1. The number of benzene rings is 1. The Labute approximate surface area is 125 Å². The zero-order valence-electron chi connectivity index (χ0n) is 12.4. The van der Waals surface area contributed by atoms with Crippen LogP contribution < -0.4 is 4.72 Å². The van der Waals surface area contributed by atoms with E-state index in [9.17, 15) is 12.8 Å². The summed E-state index contributed by atoms with van der Waals surface area (Å²) < 4.78 is 41.3. The molecule has 1 aliphatic carbocycles. The van der Waals surface area contributed by atoms with Crippen molar-refractivity contribution >= 4 is 10.0 Å². The minimum Gasteiger partial charge on any atom is -0.299 e. The normalized spacial score (nSPS) is 23.7. The second-order valence-corrected chi connectivity index (χ2v) is 7.85. The van der Waals surface area contributed by atoms with Gasteiger partial charge in [-0.15, -0.1) is 0 Å². The van der Waals surface area contributed by atoms with Crippen molar-refractivity contribution < 1.29 is 12.8 Å². The SMILES string of the molecule is Cc1cc(F)cc(C)c1S(=O)(=O)NC1CCN(C2CC2)C1. The van der Waals surface area contributed by atoms with Gasteiger partial charge in [0.15, 0.2) is 0 Å². The Morgan fingerprint density at radius 1 is 1.19 bits per heavy atom. The van der Waals surface area contributed by atoms with Gasteiger partial charge in [0.1, 0.15) is 5.82 Å². The molecule has 21 heavy (non-hydrogen) atoms. The first-order valence-electron chi connectivity index (χ1n) is 7.40. The van der Waals surface area contributed by atoms with E-state index < -0.39 is 15.8 Å². The number of halogens is 1. The molecule has 1 N–H and O–H groups in total. The zero-order valence-corrected chi connectivity index (χ0v) is 13.2. The number of nitrogens with one attached hydrogen (secondary N) is 1. The molecule has 1 aromatic rings. The molecule has 1 aromatic carbocycles. The molecule has 1 unspecified atom stereocenters. The van der Waals surface area contributed by atoms with E-state index in [-0.39, 0.29) is 10.9 Å². The molecule has 6 heteroatoms. The van der Waals surface area contributed by atoms with E-state index in [2.05, 4.69) is 9.62 Å². The van der Waals surface area contributed by atoms with Gasteiger partial charge in [-0.1, -0.05) is 0 Å².